The van der Waals surface area contributed by atoms with E-state index in [0.29, 0.717) is 28.7 Å². The number of likely N-dealkylation sites (N-methyl/N-ethyl adjacent to an activating group) is 1. The Morgan fingerprint density at radius 1 is 1.22 bits per heavy atom. The number of halogens is 2. The van der Waals surface area contributed by atoms with Crippen LogP contribution in [0.4, 0.5) is 4.79 Å². The molecule has 0 radical (unpaired) electrons. The molecule has 8 heteroatoms. The van der Waals surface area contributed by atoms with E-state index >= 15 is 0 Å². The van der Waals surface area contributed by atoms with E-state index in [1.165, 1.54) is 14.2 Å². The van der Waals surface area contributed by atoms with Crippen molar-refractivity contribution in [1.29, 1.82) is 0 Å². The number of nitrogens with one attached hydrogen (secondary N) is 1. The van der Waals surface area contributed by atoms with E-state index in [4.69, 9.17) is 21.1 Å². The van der Waals surface area contributed by atoms with Gasteiger partial charge in [0.1, 0.15) is 12.3 Å². The van der Waals surface area contributed by atoms with Crippen molar-refractivity contribution in [3.63, 3.8) is 0 Å². The molecule has 0 bridgehead atoms. The average molecular weight is 499 g/mol. The fraction of sp³-hybridized carbons (Fsp3) is 0.158. The Bertz CT molecular complexity index is 928. The Morgan fingerprint density at radius 3 is 2.52 bits per heavy atom. The number of methoxy groups -OCH3 is 1. The molecule has 2 aromatic rings. The maximum absolute atomic E-state index is 12.0. The van der Waals surface area contributed by atoms with Gasteiger partial charge in [-0.3, -0.25) is 9.69 Å². The van der Waals surface area contributed by atoms with Crippen molar-refractivity contribution in [3.05, 3.63) is 61.8 Å². The summed E-state index contributed by atoms with van der Waals surface area (Å²) in [4.78, 5) is 24.5. The van der Waals surface area contributed by atoms with Crippen LogP contribution in [0.25, 0.3) is 6.08 Å². The second-order valence-electron chi connectivity index (χ2n) is 5.80. The molecule has 0 unspecified atom stereocenters. The van der Waals surface area contributed by atoms with E-state index in [1.807, 2.05) is 24.3 Å². The zero-order valence-corrected chi connectivity index (χ0v) is 17.5. The summed E-state index contributed by atoms with van der Waals surface area (Å²) in [6.45, 7) is 0.340. The van der Waals surface area contributed by atoms with Crippen LogP contribution in [-0.2, 0) is 11.4 Å². The molecule has 140 valence electrons. The summed E-state index contributed by atoms with van der Waals surface area (Å²) in [6, 6.07) is 10.8. The van der Waals surface area contributed by atoms with Gasteiger partial charge < -0.3 is 14.8 Å². The van der Waals surface area contributed by atoms with Crippen LogP contribution in [0.3, 0.4) is 0 Å². The minimum atomic E-state index is -0.471. The number of hydrogen-bond donors (Lipinski definition) is 1. The first-order valence-corrected chi connectivity index (χ1v) is 9.40. The highest BCUT2D eigenvalue weighted by Crippen LogP contribution is 2.37. The second-order valence-corrected chi connectivity index (χ2v) is 7.45. The van der Waals surface area contributed by atoms with Crippen molar-refractivity contribution in [1.82, 2.24) is 10.2 Å². The fourth-order valence-corrected chi connectivity index (χ4v) is 3.12. The molecule has 0 saturated carbocycles. The zero-order valence-electron chi connectivity index (χ0n) is 14.6. The van der Waals surface area contributed by atoms with Gasteiger partial charge in [0, 0.05) is 10.6 Å². The minimum absolute atomic E-state index is 0.174. The standard InChI is InChI=1S/C19H16ClIN2O4/c1-23-18(24)15(22-19(23)25)8-12-7-14(20)17(16(9-12)26-2)27-10-11-3-5-13(21)6-4-11/h3-9H,10H2,1-2H3,(H,22,25)/b15-8+. The molecule has 27 heavy (non-hydrogen) atoms. The van der Waals surface area contributed by atoms with Crippen LogP contribution in [0.1, 0.15) is 11.1 Å². The lowest BCUT2D eigenvalue weighted by Gasteiger charge is -2.13. The molecule has 1 aliphatic heterocycles. The number of urea groups is 1. The summed E-state index contributed by atoms with van der Waals surface area (Å²) in [6.07, 6.45) is 1.54. The van der Waals surface area contributed by atoms with Gasteiger partial charge in [-0.1, -0.05) is 23.7 Å². The number of imide groups is 1. The molecule has 0 atom stereocenters. The van der Waals surface area contributed by atoms with E-state index in [2.05, 4.69) is 27.9 Å². The van der Waals surface area contributed by atoms with Crippen molar-refractivity contribution in [2.75, 3.05) is 14.2 Å². The Kier molecular flexibility index (Phi) is 5.91. The summed E-state index contributed by atoms with van der Waals surface area (Å²) in [5.41, 5.74) is 1.78. The fourth-order valence-electron chi connectivity index (χ4n) is 2.49. The summed E-state index contributed by atoms with van der Waals surface area (Å²) in [7, 11) is 2.92. The number of carbonyl (C=O) groups excluding carboxylic acids is 2. The van der Waals surface area contributed by atoms with Crippen LogP contribution in [0.5, 0.6) is 11.5 Å². The van der Waals surface area contributed by atoms with Gasteiger partial charge in [-0.2, -0.15) is 0 Å². The Morgan fingerprint density at radius 2 is 1.93 bits per heavy atom. The van der Waals surface area contributed by atoms with Crippen LogP contribution in [0.15, 0.2) is 42.1 Å². The molecule has 3 rings (SSSR count). The molecule has 1 fully saturated rings. The van der Waals surface area contributed by atoms with Gasteiger partial charge in [0.05, 0.1) is 12.1 Å². The van der Waals surface area contributed by atoms with Crippen molar-refractivity contribution in [2.45, 2.75) is 6.61 Å². The third-order valence-corrected chi connectivity index (χ3v) is 4.94. The summed E-state index contributed by atoms with van der Waals surface area (Å²) >= 11 is 8.61. The molecule has 1 N–H and O–H groups in total. The second kappa shape index (κ2) is 8.18. The molecular weight excluding hydrogens is 483 g/mol. The molecule has 1 saturated heterocycles. The zero-order chi connectivity index (χ0) is 19.6. The highest BCUT2D eigenvalue weighted by atomic mass is 127. The van der Waals surface area contributed by atoms with Gasteiger partial charge in [-0.15, -0.1) is 0 Å². The van der Waals surface area contributed by atoms with Crippen molar-refractivity contribution < 1.29 is 19.1 Å². The Labute approximate surface area is 175 Å². The monoisotopic (exact) mass is 498 g/mol. The largest absolute Gasteiger partial charge is 0.493 e. The Hall–Kier alpha value is -2.26. The van der Waals surface area contributed by atoms with Crippen LogP contribution < -0.4 is 14.8 Å². The molecule has 2 aromatic carbocycles. The van der Waals surface area contributed by atoms with E-state index in [-0.39, 0.29) is 5.70 Å². The van der Waals surface area contributed by atoms with Crippen molar-refractivity contribution in [3.8, 4) is 11.5 Å². The lowest BCUT2D eigenvalue weighted by atomic mass is 10.1. The quantitative estimate of drug-likeness (QED) is 0.384. The van der Waals surface area contributed by atoms with E-state index in [9.17, 15) is 9.59 Å². The van der Waals surface area contributed by atoms with Crippen LogP contribution in [0, 0.1) is 3.57 Å². The van der Waals surface area contributed by atoms with Crippen LogP contribution in [0.2, 0.25) is 5.02 Å². The third-order valence-electron chi connectivity index (χ3n) is 3.94. The third kappa shape index (κ3) is 4.36. The first-order valence-electron chi connectivity index (χ1n) is 7.94. The van der Waals surface area contributed by atoms with E-state index in [0.717, 1.165) is 14.0 Å². The van der Waals surface area contributed by atoms with Gasteiger partial charge in [0.15, 0.2) is 11.5 Å². The predicted octanol–water partition coefficient (Wildman–Crippen LogP) is 4.05. The lowest BCUT2D eigenvalue weighted by molar-refractivity contribution is -0.121. The Balaban J connectivity index is 1.84. The highest BCUT2D eigenvalue weighted by molar-refractivity contribution is 14.1. The van der Waals surface area contributed by atoms with Gasteiger partial charge in [0.2, 0.25) is 0 Å². The smallest absolute Gasteiger partial charge is 0.328 e. The van der Waals surface area contributed by atoms with Crippen molar-refractivity contribution in [2.24, 2.45) is 0 Å². The lowest BCUT2D eigenvalue weighted by Crippen LogP contribution is -2.25. The number of benzene rings is 2. The van der Waals surface area contributed by atoms with Gasteiger partial charge in [-0.25, -0.2) is 4.79 Å². The predicted molar refractivity (Wildman–Crippen MR) is 111 cm³/mol. The van der Waals surface area contributed by atoms with Crippen molar-refractivity contribution >= 4 is 52.2 Å². The van der Waals surface area contributed by atoms with Gasteiger partial charge in [-0.05, 0) is 64.1 Å². The summed E-state index contributed by atoms with van der Waals surface area (Å²) in [5.74, 6) is 0.442. The van der Waals surface area contributed by atoms with Crippen LogP contribution >= 0.6 is 34.2 Å². The normalized spacial score (nSPS) is 15.3. The number of carbonyl (C=O) groups is 2. The molecule has 6 nitrogen and oxygen atoms in total. The van der Waals surface area contributed by atoms with Crippen LogP contribution in [-0.4, -0.2) is 31.0 Å². The number of nitrogens with zero attached hydrogens (tertiary/aromatic N) is 1. The van der Waals surface area contributed by atoms with E-state index in [1.54, 1.807) is 18.2 Å². The number of amides is 3. The highest BCUT2D eigenvalue weighted by Gasteiger charge is 2.30. The number of hydrogen-bond acceptors (Lipinski definition) is 4. The van der Waals surface area contributed by atoms with E-state index < -0.39 is 11.9 Å². The average Bonchev–Trinajstić information content (AvgIpc) is 2.88. The summed E-state index contributed by atoms with van der Waals surface area (Å²) in [5, 5.41) is 2.85. The number of rotatable bonds is 5. The molecule has 0 aliphatic carbocycles. The summed E-state index contributed by atoms with van der Waals surface area (Å²) < 4.78 is 12.4. The maximum Gasteiger partial charge on any atom is 0.328 e. The molecule has 3 amide bonds. The SMILES string of the molecule is COc1cc(/C=C2/NC(=O)N(C)C2=O)cc(Cl)c1OCc1ccc(I)cc1. The number of ether oxygens (including phenoxy) is 2. The molecule has 1 aliphatic rings. The van der Waals surface area contributed by atoms with Gasteiger partial charge >= 0.3 is 6.03 Å². The first kappa shape index (κ1) is 19.5. The maximum atomic E-state index is 12.0. The molecule has 0 aromatic heterocycles. The first-order chi connectivity index (χ1) is 12.9. The van der Waals surface area contributed by atoms with Gasteiger partial charge in [0.25, 0.3) is 5.91 Å². The molecular formula is C19H16ClIN2O4. The molecule has 0 spiro atoms. The topological polar surface area (TPSA) is 67.9 Å². The minimum Gasteiger partial charge on any atom is -0.493 e. The molecule has 1 heterocycles.